The number of rotatable bonds is 11. The first-order valence-corrected chi connectivity index (χ1v) is 17.1. The number of carbonyl (C=O) groups excluding carboxylic acids is 1. The number of benzene rings is 2. The van der Waals surface area contributed by atoms with Crippen molar-refractivity contribution in [3.05, 3.63) is 65.2 Å². The van der Waals surface area contributed by atoms with Crippen molar-refractivity contribution in [2.45, 2.75) is 135 Å². The van der Waals surface area contributed by atoms with E-state index >= 15 is 0 Å². The highest BCUT2D eigenvalue weighted by Crippen LogP contribution is 2.33. The Morgan fingerprint density at radius 3 is 1.88 bits per heavy atom. The quantitative estimate of drug-likeness (QED) is 0.161. The van der Waals surface area contributed by atoms with Crippen LogP contribution in [0.5, 0.6) is 5.75 Å². The molecule has 0 aliphatic carbocycles. The van der Waals surface area contributed by atoms with Crippen molar-refractivity contribution in [3.63, 3.8) is 0 Å². The van der Waals surface area contributed by atoms with Gasteiger partial charge in [0.15, 0.2) is 5.78 Å². The minimum Gasteiger partial charge on any atom is -0.461 e. The van der Waals surface area contributed by atoms with E-state index in [0.29, 0.717) is 12.0 Å². The predicted octanol–water partition coefficient (Wildman–Crippen LogP) is 2.44. The Hall–Kier alpha value is -2.49. The molecular formula is C36H58O12. The van der Waals surface area contributed by atoms with E-state index in [1.165, 1.54) is 0 Å². The highest BCUT2D eigenvalue weighted by Gasteiger charge is 2.45. The summed E-state index contributed by atoms with van der Waals surface area (Å²) in [4.78, 5) is 12.3. The molecule has 2 saturated heterocycles. The Bertz CT molecular complexity index is 1160. The third-order valence-corrected chi connectivity index (χ3v) is 7.75. The number of hydrogen-bond donors (Lipinski definition) is 8. The van der Waals surface area contributed by atoms with Crippen molar-refractivity contribution >= 4 is 5.78 Å². The zero-order valence-electron chi connectivity index (χ0n) is 29.1. The van der Waals surface area contributed by atoms with Crippen LogP contribution in [0.15, 0.2) is 48.5 Å². The predicted molar refractivity (Wildman–Crippen MR) is 181 cm³/mol. The molecule has 2 fully saturated rings. The molecular weight excluding hydrogens is 624 g/mol. The molecule has 0 spiro atoms. The summed E-state index contributed by atoms with van der Waals surface area (Å²) in [6, 6.07) is 14.2. The van der Waals surface area contributed by atoms with E-state index in [1.54, 1.807) is 24.3 Å². The maximum absolute atomic E-state index is 12.3. The average Bonchev–Trinajstić information content (AvgIpc) is 3.12. The van der Waals surface area contributed by atoms with Gasteiger partial charge in [0, 0.05) is 6.42 Å². The van der Waals surface area contributed by atoms with Gasteiger partial charge in [0.2, 0.25) is 6.29 Å². The lowest BCUT2D eigenvalue weighted by Crippen LogP contribution is -2.60. The highest BCUT2D eigenvalue weighted by molar-refractivity contribution is 5.98. The van der Waals surface area contributed by atoms with Gasteiger partial charge in [0.25, 0.3) is 0 Å². The van der Waals surface area contributed by atoms with Crippen LogP contribution in [0.2, 0.25) is 0 Å². The van der Waals surface area contributed by atoms with Crippen molar-refractivity contribution in [1.29, 1.82) is 0 Å². The van der Waals surface area contributed by atoms with Crippen LogP contribution in [0.1, 0.15) is 94.8 Å². The highest BCUT2D eigenvalue weighted by atomic mass is 16.7. The molecule has 12 heteroatoms. The topological polar surface area (TPSA) is 207 Å². The Labute approximate surface area is 284 Å². The summed E-state index contributed by atoms with van der Waals surface area (Å²) in [5.41, 5.74) is 2.23. The lowest BCUT2D eigenvalue weighted by Gasteiger charge is -2.40. The number of unbranched alkanes of at least 4 members (excludes halogenated alkanes) is 1. The average molecular weight is 683 g/mol. The zero-order valence-corrected chi connectivity index (χ0v) is 29.1. The van der Waals surface area contributed by atoms with Gasteiger partial charge in [-0.25, -0.2) is 0 Å². The third-order valence-electron chi connectivity index (χ3n) is 7.75. The van der Waals surface area contributed by atoms with E-state index < -0.39 is 74.4 Å². The fraction of sp³-hybridized carbons (Fsp3) is 0.639. The van der Waals surface area contributed by atoms with Gasteiger partial charge in [-0.15, -0.1) is 0 Å². The fourth-order valence-electron chi connectivity index (χ4n) is 5.15. The van der Waals surface area contributed by atoms with Crippen LogP contribution < -0.4 is 4.74 Å². The van der Waals surface area contributed by atoms with Crippen LogP contribution >= 0.6 is 0 Å². The lowest BCUT2D eigenvalue weighted by atomic mass is 9.90. The van der Waals surface area contributed by atoms with Crippen molar-refractivity contribution in [1.82, 2.24) is 0 Å². The van der Waals surface area contributed by atoms with E-state index in [9.17, 15) is 45.6 Å². The molecule has 0 aromatic heterocycles. The summed E-state index contributed by atoms with van der Waals surface area (Å²) >= 11 is 0. The van der Waals surface area contributed by atoms with Crippen molar-refractivity contribution in [3.8, 4) is 5.75 Å². The van der Waals surface area contributed by atoms with E-state index in [1.807, 2.05) is 58.9 Å². The number of ketones is 1. The first-order valence-electron chi connectivity index (χ1n) is 17.1. The molecule has 48 heavy (non-hydrogen) atoms. The molecule has 2 aromatic rings. The number of para-hydroxylation sites is 1. The number of ether oxygens (including phenoxy) is 3. The summed E-state index contributed by atoms with van der Waals surface area (Å²) in [5.74, 6) is 0.139. The Morgan fingerprint density at radius 1 is 0.708 bits per heavy atom. The van der Waals surface area contributed by atoms with Gasteiger partial charge in [0.05, 0.1) is 18.8 Å². The molecule has 12 nitrogen and oxygen atoms in total. The molecule has 274 valence electrons. The minimum absolute atomic E-state index is 0.0861. The van der Waals surface area contributed by atoms with Crippen LogP contribution in [0.25, 0.3) is 0 Å². The normalized spacial score (nSPS) is 29.5. The van der Waals surface area contributed by atoms with Gasteiger partial charge in [-0.3, -0.25) is 4.79 Å². The standard InChI is InChI=1S/C17H24O7.C15H22O5.2C2H6/c1-2-3-7-11(19)10-6-4-5-8-12(10)23-17-16(22)15(21)14(20)13(9-18)24-17;1-2-4-9-5-3-6-10(7-9)15-14(19)13(18)12(17)11(8-16)20-15;2*1-2/h4-6,8,13-18,20-22H,2-3,7,9H2,1H3;3,5-7,11-19H,2,4,8H2,1H3;2*1-2H3/t13?,14-,15+,16?,17-;11?,12-,13+,14?,15+;;/m11../s1. The number of carbonyl (C=O) groups is 1. The van der Waals surface area contributed by atoms with Gasteiger partial charge in [0.1, 0.15) is 60.7 Å². The molecule has 0 bridgehead atoms. The van der Waals surface area contributed by atoms with E-state index in [2.05, 4.69) is 6.92 Å². The molecule has 2 aliphatic rings. The molecule has 2 aromatic carbocycles. The molecule has 4 rings (SSSR count). The van der Waals surface area contributed by atoms with E-state index in [4.69, 9.17) is 14.2 Å². The maximum Gasteiger partial charge on any atom is 0.229 e. The second-order valence-corrected chi connectivity index (χ2v) is 11.1. The monoisotopic (exact) mass is 682 g/mol. The molecule has 2 heterocycles. The van der Waals surface area contributed by atoms with E-state index in [0.717, 1.165) is 36.8 Å². The lowest BCUT2D eigenvalue weighted by molar-refractivity contribution is -0.277. The summed E-state index contributed by atoms with van der Waals surface area (Å²) < 4.78 is 16.4. The van der Waals surface area contributed by atoms with Crippen LogP contribution in [-0.4, -0.2) is 115 Å². The Morgan fingerprint density at radius 2 is 1.29 bits per heavy atom. The minimum atomic E-state index is -1.52. The fourth-order valence-corrected chi connectivity index (χ4v) is 5.15. The molecule has 0 amide bonds. The Kier molecular flexibility index (Phi) is 20.9. The molecule has 10 atom stereocenters. The van der Waals surface area contributed by atoms with Gasteiger partial charge >= 0.3 is 0 Å². The van der Waals surface area contributed by atoms with Crippen LogP contribution in [0.4, 0.5) is 0 Å². The smallest absolute Gasteiger partial charge is 0.229 e. The molecule has 2 aliphatic heterocycles. The number of aliphatic hydroxyl groups excluding tert-OH is 8. The van der Waals surface area contributed by atoms with Gasteiger partial charge in [-0.05, 0) is 36.1 Å². The van der Waals surface area contributed by atoms with E-state index in [-0.39, 0.29) is 11.5 Å². The zero-order chi connectivity index (χ0) is 36.4. The second-order valence-electron chi connectivity index (χ2n) is 11.1. The van der Waals surface area contributed by atoms with Crippen molar-refractivity contribution in [2.24, 2.45) is 0 Å². The van der Waals surface area contributed by atoms with Crippen molar-refractivity contribution in [2.75, 3.05) is 13.2 Å². The largest absolute Gasteiger partial charge is 0.461 e. The summed E-state index contributed by atoms with van der Waals surface area (Å²) in [7, 11) is 0. The number of hydrogen-bond acceptors (Lipinski definition) is 12. The van der Waals surface area contributed by atoms with Crippen molar-refractivity contribution < 1.29 is 59.9 Å². The van der Waals surface area contributed by atoms with Gasteiger partial charge < -0.3 is 55.1 Å². The van der Waals surface area contributed by atoms with Gasteiger partial charge in [-0.1, -0.05) is 90.8 Å². The molecule has 8 N–H and O–H groups in total. The number of aryl methyl sites for hydroxylation is 1. The summed E-state index contributed by atoms with van der Waals surface area (Å²) in [6.07, 6.45) is -8.37. The van der Waals surface area contributed by atoms with Crippen LogP contribution in [0, 0.1) is 0 Å². The van der Waals surface area contributed by atoms with Gasteiger partial charge in [-0.2, -0.15) is 0 Å². The maximum atomic E-state index is 12.3. The summed E-state index contributed by atoms with van der Waals surface area (Å²) in [5, 5.41) is 77.7. The first kappa shape index (κ1) is 43.5. The molecule has 0 saturated carbocycles. The summed E-state index contributed by atoms with van der Waals surface area (Å²) in [6.45, 7) is 11.1. The van der Waals surface area contributed by atoms with Crippen LogP contribution in [-0.2, 0) is 15.9 Å². The van der Waals surface area contributed by atoms with Crippen LogP contribution in [0.3, 0.4) is 0 Å². The SMILES string of the molecule is CC.CC.CCCCC(=O)c1ccccc1O[C@@H]1OC(CO)[C@@H](O)[C@H](O)C1O.CCCc1cccc([C@@H]2OC(CO)[C@@H](O)[C@H](O)C2O)c1. The third kappa shape index (κ3) is 11.8. The number of Topliss-reactive ketones (excluding diaryl/α,β-unsaturated/α-hetero) is 1. The molecule has 4 unspecified atom stereocenters. The first-order chi connectivity index (χ1) is 23.1. The number of aliphatic hydroxyl groups is 8. The molecule has 0 radical (unpaired) electrons. The second kappa shape index (κ2) is 23.0. The Balaban J connectivity index is 0.000000440.